The van der Waals surface area contributed by atoms with Crippen LogP contribution < -0.4 is 14.4 Å². The Labute approximate surface area is 163 Å². The number of carbonyl (C=O) groups excluding carboxylic acids is 2. The Hall–Kier alpha value is -3.28. The van der Waals surface area contributed by atoms with Crippen molar-refractivity contribution in [3.63, 3.8) is 0 Å². The molecule has 0 radical (unpaired) electrons. The van der Waals surface area contributed by atoms with E-state index in [1.165, 1.54) is 4.90 Å². The minimum absolute atomic E-state index is 0.126. The fraction of sp³-hybridized carbons (Fsp3) is 0.273. The molecular formula is C22H21NO5. The minimum Gasteiger partial charge on any atom is -0.503 e. The predicted molar refractivity (Wildman–Crippen MR) is 104 cm³/mol. The van der Waals surface area contributed by atoms with Crippen molar-refractivity contribution in [3.05, 3.63) is 65.4 Å². The Balaban J connectivity index is 1.84. The van der Waals surface area contributed by atoms with Crippen LogP contribution in [0.1, 0.15) is 25.5 Å². The molecule has 1 unspecified atom stereocenters. The van der Waals surface area contributed by atoms with Crippen LogP contribution in [0.5, 0.6) is 11.5 Å². The van der Waals surface area contributed by atoms with Gasteiger partial charge in [-0.3, -0.25) is 14.5 Å². The molecule has 28 heavy (non-hydrogen) atoms. The lowest BCUT2D eigenvalue weighted by Crippen LogP contribution is -2.31. The lowest BCUT2D eigenvalue weighted by molar-refractivity contribution is -0.119. The van der Waals surface area contributed by atoms with Crippen LogP contribution in [0.2, 0.25) is 0 Å². The maximum Gasteiger partial charge on any atom is 0.294 e. The Morgan fingerprint density at radius 1 is 1.07 bits per heavy atom. The zero-order chi connectivity index (χ0) is 19.8. The summed E-state index contributed by atoms with van der Waals surface area (Å²) in [6, 6.07) is 13.7. The summed E-state index contributed by atoms with van der Waals surface area (Å²) in [5, 5.41) is 10.6. The molecule has 1 N–H and O–H groups in total. The van der Waals surface area contributed by atoms with Gasteiger partial charge in [0, 0.05) is 17.7 Å². The molecular weight excluding hydrogens is 358 g/mol. The van der Waals surface area contributed by atoms with Gasteiger partial charge in [-0.1, -0.05) is 44.2 Å². The number of rotatable bonds is 4. The number of hydrogen-bond donors (Lipinski definition) is 1. The molecule has 6 heteroatoms. The molecule has 1 atom stereocenters. The standard InChI is InChI=1S/C22H21NO5/c1-13(2)20(24)18-19(14-6-4-3-5-7-14)23(22(26)21(18)25)15-8-9-16-17(12-15)28-11-10-27-16/h3-9,12-13,19,25H,10-11H2,1-2H3. The van der Waals surface area contributed by atoms with E-state index in [0.29, 0.717) is 30.4 Å². The van der Waals surface area contributed by atoms with Gasteiger partial charge in [0.25, 0.3) is 5.91 Å². The highest BCUT2D eigenvalue weighted by molar-refractivity contribution is 6.16. The van der Waals surface area contributed by atoms with Crippen LogP contribution in [0.15, 0.2) is 59.9 Å². The van der Waals surface area contributed by atoms with Crippen LogP contribution in [0, 0.1) is 5.92 Å². The summed E-state index contributed by atoms with van der Waals surface area (Å²) < 4.78 is 11.2. The Morgan fingerprint density at radius 3 is 2.43 bits per heavy atom. The molecule has 0 aromatic heterocycles. The molecule has 4 rings (SSSR count). The number of hydrogen-bond acceptors (Lipinski definition) is 5. The second-order valence-corrected chi connectivity index (χ2v) is 7.10. The number of nitrogens with zero attached hydrogens (tertiary/aromatic N) is 1. The number of anilines is 1. The molecule has 2 heterocycles. The Bertz CT molecular complexity index is 964. The second-order valence-electron chi connectivity index (χ2n) is 7.10. The third kappa shape index (κ3) is 2.91. The van der Waals surface area contributed by atoms with Crippen LogP contribution in [0.25, 0.3) is 0 Å². The summed E-state index contributed by atoms with van der Waals surface area (Å²) in [6.07, 6.45) is 0. The third-order valence-corrected chi connectivity index (χ3v) is 4.92. The van der Waals surface area contributed by atoms with Crippen molar-refractivity contribution in [1.29, 1.82) is 0 Å². The van der Waals surface area contributed by atoms with Gasteiger partial charge in [0.15, 0.2) is 23.0 Å². The highest BCUT2D eigenvalue weighted by Gasteiger charge is 2.44. The topological polar surface area (TPSA) is 76.1 Å². The predicted octanol–water partition coefficient (Wildman–Crippen LogP) is 3.58. The molecule has 0 aliphatic carbocycles. The zero-order valence-corrected chi connectivity index (χ0v) is 15.7. The summed E-state index contributed by atoms with van der Waals surface area (Å²) in [7, 11) is 0. The first-order valence-electron chi connectivity index (χ1n) is 9.24. The van der Waals surface area contributed by atoms with E-state index >= 15 is 0 Å². The van der Waals surface area contributed by atoms with E-state index in [2.05, 4.69) is 0 Å². The normalized spacial score (nSPS) is 18.8. The SMILES string of the molecule is CC(C)C(=O)C1=C(O)C(=O)N(c2ccc3c(c2)OCCO3)C1c1ccccc1. The molecule has 0 fully saturated rings. The summed E-state index contributed by atoms with van der Waals surface area (Å²) in [5.41, 5.74) is 1.40. The van der Waals surface area contributed by atoms with Gasteiger partial charge in [-0.25, -0.2) is 0 Å². The van der Waals surface area contributed by atoms with Gasteiger partial charge in [-0.05, 0) is 17.7 Å². The summed E-state index contributed by atoms with van der Waals surface area (Å²) in [6.45, 7) is 4.40. The number of aliphatic hydroxyl groups excluding tert-OH is 1. The molecule has 2 aromatic rings. The van der Waals surface area contributed by atoms with Gasteiger partial charge in [-0.2, -0.15) is 0 Å². The molecule has 1 amide bonds. The fourth-order valence-corrected chi connectivity index (χ4v) is 3.57. The van der Waals surface area contributed by atoms with E-state index in [1.54, 1.807) is 32.0 Å². The van der Waals surface area contributed by atoms with E-state index in [9.17, 15) is 14.7 Å². The van der Waals surface area contributed by atoms with Gasteiger partial charge in [0.2, 0.25) is 0 Å². The van der Waals surface area contributed by atoms with Gasteiger partial charge < -0.3 is 14.6 Å². The average molecular weight is 379 g/mol. The van der Waals surface area contributed by atoms with Crippen LogP contribution >= 0.6 is 0 Å². The summed E-state index contributed by atoms with van der Waals surface area (Å²) in [5.74, 6) is -0.562. The van der Waals surface area contributed by atoms with Gasteiger partial charge in [-0.15, -0.1) is 0 Å². The maximum atomic E-state index is 13.0. The fourth-order valence-electron chi connectivity index (χ4n) is 3.57. The van der Waals surface area contributed by atoms with Crippen LogP contribution in [-0.2, 0) is 9.59 Å². The number of benzene rings is 2. The second kappa shape index (κ2) is 7.03. The number of aliphatic hydroxyl groups is 1. The van der Waals surface area contributed by atoms with E-state index in [0.717, 1.165) is 5.56 Å². The molecule has 144 valence electrons. The molecule has 0 saturated heterocycles. The van der Waals surface area contributed by atoms with Crippen LogP contribution in [-0.4, -0.2) is 30.0 Å². The molecule has 0 bridgehead atoms. The van der Waals surface area contributed by atoms with E-state index in [-0.39, 0.29) is 17.3 Å². The van der Waals surface area contributed by atoms with Crippen molar-refractivity contribution in [2.75, 3.05) is 18.1 Å². The molecule has 2 aromatic carbocycles. The summed E-state index contributed by atoms with van der Waals surface area (Å²) >= 11 is 0. The zero-order valence-electron chi connectivity index (χ0n) is 15.7. The highest BCUT2D eigenvalue weighted by Crippen LogP contribution is 2.44. The number of Topliss-reactive ketones (excluding diaryl/α,β-unsaturated/α-hetero) is 1. The monoisotopic (exact) mass is 379 g/mol. The smallest absolute Gasteiger partial charge is 0.294 e. The number of ketones is 1. The number of amides is 1. The van der Waals surface area contributed by atoms with Crippen LogP contribution in [0.3, 0.4) is 0 Å². The number of carbonyl (C=O) groups is 2. The molecule has 2 aliphatic heterocycles. The van der Waals surface area contributed by atoms with Crippen molar-refractivity contribution >= 4 is 17.4 Å². The Morgan fingerprint density at radius 2 is 1.75 bits per heavy atom. The molecule has 2 aliphatic rings. The highest BCUT2D eigenvalue weighted by atomic mass is 16.6. The maximum absolute atomic E-state index is 13.0. The third-order valence-electron chi connectivity index (χ3n) is 4.92. The molecule has 6 nitrogen and oxygen atoms in total. The van der Waals surface area contributed by atoms with E-state index < -0.39 is 17.7 Å². The van der Waals surface area contributed by atoms with Crippen molar-refractivity contribution in [2.24, 2.45) is 5.92 Å². The first kappa shape index (κ1) is 18.1. The lowest BCUT2D eigenvalue weighted by Gasteiger charge is -2.28. The molecule has 0 saturated carbocycles. The van der Waals surface area contributed by atoms with Gasteiger partial charge in [0.1, 0.15) is 13.2 Å². The van der Waals surface area contributed by atoms with E-state index in [1.807, 2.05) is 30.3 Å². The largest absolute Gasteiger partial charge is 0.503 e. The Kier molecular flexibility index (Phi) is 4.55. The summed E-state index contributed by atoms with van der Waals surface area (Å²) in [4.78, 5) is 27.3. The number of fused-ring (bicyclic) bond motifs is 1. The van der Waals surface area contributed by atoms with Gasteiger partial charge >= 0.3 is 0 Å². The first-order chi connectivity index (χ1) is 13.5. The van der Waals surface area contributed by atoms with Crippen LogP contribution in [0.4, 0.5) is 5.69 Å². The van der Waals surface area contributed by atoms with E-state index in [4.69, 9.17) is 9.47 Å². The quantitative estimate of drug-likeness (QED) is 0.879. The first-order valence-corrected chi connectivity index (χ1v) is 9.24. The van der Waals surface area contributed by atoms with Gasteiger partial charge in [0.05, 0.1) is 11.6 Å². The van der Waals surface area contributed by atoms with Crippen molar-refractivity contribution < 1.29 is 24.2 Å². The van der Waals surface area contributed by atoms with Crippen molar-refractivity contribution in [3.8, 4) is 11.5 Å². The average Bonchev–Trinajstić information content (AvgIpc) is 2.98. The van der Waals surface area contributed by atoms with Crippen molar-refractivity contribution in [1.82, 2.24) is 0 Å². The van der Waals surface area contributed by atoms with Crippen molar-refractivity contribution in [2.45, 2.75) is 19.9 Å². The lowest BCUT2D eigenvalue weighted by atomic mass is 9.91. The molecule has 0 spiro atoms. The minimum atomic E-state index is -0.703. The number of ether oxygens (including phenoxy) is 2.